The largest absolute Gasteiger partial charge is 0.0845 e. The van der Waals surface area contributed by atoms with Gasteiger partial charge in [-0.15, -0.1) is 0 Å². The molecule has 0 N–H and O–H groups in total. The van der Waals surface area contributed by atoms with Crippen LogP contribution in [0.15, 0.2) is 12.2 Å². The number of hydrogen-bond acceptors (Lipinski definition) is 0. The third-order valence-electron chi connectivity index (χ3n) is 2.69. The highest BCUT2D eigenvalue weighted by Crippen LogP contribution is 2.56. The van der Waals surface area contributed by atoms with Crippen molar-refractivity contribution in [3.63, 3.8) is 0 Å². The molecule has 0 radical (unpaired) electrons. The molecule has 0 spiro atoms. The average Bonchev–Trinajstić information content (AvgIpc) is 1.57. The van der Waals surface area contributed by atoms with Crippen molar-refractivity contribution >= 4 is 0 Å². The lowest BCUT2D eigenvalue weighted by Gasteiger charge is -2.54. The van der Waals surface area contributed by atoms with E-state index >= 15 is 0 Å². The Morgan fingerprint density at radius 2 is 2.12 bits per heavy atom. The fourth-order valence-corrected chi connectivity index (χ4v) is 2.00. The van der Waals surface area contributed by atoms with E-state index in [4.69, 9.17) is 0 Å². The van der Waals surface area contributed by atoms with E-state index < -0.39 is 0 Å². The second kappa shape index (κ2) is 1.02. The van der Waals surface area contributed by atoms with Crippen molar-refractivity contribution in [1.29, 1.82) is 0 Å². The summed E-state index contributed by atoms with van der Waals surface area (Å²) in [5.74, 6) is 1.92. The second-order valence-electron chi connectivity index (χ2n) is 3.77. The first-order valence-electron chi connectivity index (χ1n) is 3.38. The Hall–Kier alpha value is -0.260. The van der Waals surface area contributed by atoms with Gasteiger partial charge in [0.15, 0.2) is 0 Å². The van der Waals surface area contributed by atoms with Gasteiger partial charge in [0, 0.05) is 0 Å². The Bertz CT molecular complexity index is 142. The van der Waals surface area contributed by atoms with Crippen LogP contribution in [0.5, 0.6) is 0 Å². The van der Waals surface area contributed by atoms with Gasteiger partial charge in [-0.2, -0.15) is 0 Å². The molecule has 44 valence electrons. The maximum absolute atomic E-state index is 2.36. The first-order valence-corrected chi connectivity index (χ1v) is 3.38. The molecule has 2 aliphatic rings. The zero-order valence-corrected chi connectivity index (χ0v) is 5.52. The third-order valence-corrected chi connectivity index (χ3v) is 2.69. The van der Waals surface area contributed by atoms with Crippen LogP contribution in [-0.2, 0) is 0 Å². The van der Waals surface area contributed by atoms with Crippen LogP contribution < -0.4 is 0 Å². The molecule has 0 heterocycles. The van der Waals surface area contributed by atoms with E-state index in [1.807, 2.05) is 0 Å². The highest BCUT2D eigenvalue weighted by molar-refractivity contribution is 5.21. The van der Waals surface area contributed by atoms with E-state index in [2.05, 4.69) is 26.0 Å². The average molecular weight is 108 g/mol. The van der Waals surface area contributed by atoms with Gasteiger partial charge in [0.05, 0.1) is 0 Å². The first-order chi connectivity index (χ1) is 3.70. The van der Waals surface area contributed by atoms with Crippen LogP contribution in [0.1, 0.15) is 20.3 Å². The molecule has 0 saturated heterocycles. The molecule has 0 amide bonds. The third kappa shape index (κ3) is 0.331. The standard InChI is InChI=1S/C8H12/c1-8(2)5-6-3-4-7(6)8/h3-4,6-7H,5H2,1-2H3. The Morgan fingerprint density at radius 3 is 2.12 bits per heavy atom. The van der Waals surface area contributed by atoms with Gasteiger partial charge in [0.1, 0.15) is 0 Å². The van der Waals surface area contributed by atoms with E-state index in [-0.39, 0.29) is 0 Å². The van der Waals surface area contributed by atoms with Gasteiger partial charge < -0.3 is 0 Å². The number of rotatable bonds is 0. The molecule has 1 fully saturated rings. The van der Waals surface area contributed by atoms with Crippen molar-refractivity contribution in [2.45, 2.75) is 20.3 Å². The second-order valence-corrected chi connectivity index (χ2v) is 3.77. The van der Waals surface area contributed by atoms with Crippen molar-refractivity contribution < 1.29 is 0 Å². The Labute approximate surface area is 50.6 Å². The van der Waals surface area contributed by atoms with Crippen LogP contribution >= 0.6 is 0 Å². The Kier molecular flexibility index (Phi) is 0.588. The fraction of sp³-hybridized carbons (Fsp3) is 0.750. The summed E-state index contributed by atoms with van der Waals surface area (Å²) in [4.78, 5) is 0. The summed E-state index contributed by atoms with van der Waals surface area (Å²) in [6.45, 7) is 4.72. The van der Waals surface area contributed by atoms with Gasteiger partial charge in [0.2, 0.25) is 0 Å². The lowest BCUT2D eigenvalue weighted by Crippen LogP contribution is -2.46. The highest BCUT2D eigenvalue weighted by atomic mass is 14.5. The van der Waals surface area contributed by atoms with Gasteiger partial charge in [-0.25, -0.2) is 0 Å². The van der Waals surface area contributed by atoms with E-state index in [1.54, 1.807) is 0 Å². The normalized spacial score (nSPS) is 46.8. The smallest absolute Gasteiger partial charge is 0.0119 e. The van der Waals surface area contributed by atoms with Gasteiger partial charge >= 0.3 is 0 Å². The summed E-state index contributed by atoms with van der Waals surface area (Å²) in [6, 6.07) is 0. The minimum Gasteiger partial charge on any atom is -0.0845 e. The zero-order chi connectivity index (χ0) is 5.78. The summed E-state index contributed by atoms with van der Waals surface area (Å²) in [5, 5.41) is 0. The zero-order valence-electron chi connectivity index (χ0n) is 5.52. The van der Waals surface area contributed by atoms with Crippen molar-refractivity contribution in [3.05, 3.63) is 12.2 Å². The Morgan fingerprint density at radius 1 is 1.38 bits per heavy atom. The predicted molar refractivity (Wildman–Crippen MR) is 34.5 cm³/mol. The van der Waals surface area contributed by atoms with E-state index in [9.17, 15) is 0 Å². The summed E-state index contributed by atoms with van der Waals surface area (Å²) in [6.07, 6.45) is 6.12. The minimum absolute atomic E-state index is 0.652. The first kappa shape index (κ1) is 4.60. The van der Waals surface area contributed by atoms with Crippen molar-refractivity contribution in [3.8, 4) is 0 Å². The molecule has 2 unspecified atom stereocenters. The molecule has 8 heavy (non-hydrogen) atoms. The molecule has 0 aromatic rings. The molecule has 0 heteroatoms. The summed E-state index contributed by atoms with van der Waals surface area (Å²) in [5.41, 5.74) is 0.652. The molecule has 2 aliphatic carbocycles. The van der Waals surface area contributed by atoms with Crippen molar-refractivity contribution in [1.82, 2.24) is 0 Å². The van der Waals surface area contributed by atoms with E-state index in [1.165, 1.54) is 6.42 Å². The maximum Gasteiger partial charge on any atom is -0.0119 e. The highest BCUT2D eigenvalue weighted by Gasteiger charge is 2.48. The lowest BCUT2D eigenvalue weighted by molar-refractivity contribution is 0.0332. The van der Waals surface area contributed by atoms with Crippen LogP contribution in [0.25, 0.3) is 0 Å². The molecule has 0 aromatic heterocycles. The molecule has 2 atom stereocenters. The summed E-state index contributed by atoms with van der Waals surface area (Å²) < 4.78 is 0. The molecule has 1 saturated carbocycles. The lowest BCUT2D eigenvalue weighted by atomic mass is 9.51. The van der Waals surface area contributed by atoms with Crippen LogP contribution in [0.2, 0.25) is 0 Å². The molecule has 0 nitrogen and oxygen atoms in total. The van der Waals surface area contributed by atoms with Crippen LogP contribution in [-0.4, -0.2) is 0 Å². The van der Waals surface area contributed by atoms with E-state index in [0.717, 1.165) is 11.8 Å². The minimum atomic E-state index is 0.652. The van der Waals surface area contributed by atoms with E-state index in [0.29, 0.717) is 5.41 Å². The molecule has 0 aliphatic heterocycles. The Balaban J connectivity index is 2.19. The van der Waals surface area contributed by atoms with Crippen molar-refractivity contribution in [2.24, 2.45) is 17.3 Å². The van der Waals surface area contributed by atoms with Crippen LogP contribution in [0.4, 0.5) is 0 Å². The van der Waals surface area contributed by atoms with Crippen LogP contribution in [0.3, 0.4) is 0 Å². The maximum atomic E-state index is 2.36. The van der Waals surface area contributed by atoms with Gasteiger partial charge in [-0.05, 0) is 23.7 Å². The number of allylic oxidation sites excluding steroid dienone is 2. The summed E-state index contributed by atoms with van der Waals surface area (Å²) in [7, 11) is 0. The molecular formula is C8H12. The fourth-order valence-electron chi connectivity index (χ4n) is 2.00. The van der Waals surface area contributed by atoms with Gasteiger partial charge in [-0.1, -0.05) is 26.0 Å². The molecule has 0 bridgehead atoms. The topological polar surface area (TPSA) is 0 Å². The van der Waals surface area contributed by atoms with Gasteiger partial charge in [-0.3, -0.25) is 0 Å². The number of fused-ring (bicyclic) bond motifs is 1. The monoisotopic (exact) mass is 108 g/mol. The van der Waals surface area contributed by atoms with Crippen molar-refractivity contribution in [2.75, 3.05) is 0 Å². The molecule has 0 aromatic carbocycles. The summed E-state index contributed by atoms with van der Waals surface area (Å²) >= 11 is 0. The quantitative estimate of drug-likeness (QED) is 0.417. The molecular weight excluding hydrogens is 96.1 g/mol. The predicted octanol–water partition coefficient (Wildman–Crippen LogP) is 2.22. The number of hydrogen-bond donors (Lipinski definition) is 0. The van der Waals surface area contributed by atoms with Crippen LogP contribution in [0, 0.1) is 17.3 Å². The molecule has 2 rings (SSSR count). The van der Waals surface area contributed by atoms with Gasteiger partial charge in [0.25, 0.3) is 0 Å². The SMILES string of the molecule is CC1(C)CC2C=CC21.